The van der Waals surface area contributed by atoms with Crippen molar-refractivity contribution in [2.75, 3.05) is 20.8 Å². The smallest absolute Gasteiger partial charge is 0.156 e. The molecule has 79 valence electrons. The summed E-state index contributed by atoms with van der Waals surface area (Å²) in [4.78, 5) is 0. The summed E-state index contributed by atoms with van der Waals surface area (Å²) in [5.41, 5.74) is 0. The van der Waals surface area contributed by atoms with Gasteiger partial charge in [-0.25, -0.2) is 0 Å². The third-order valence-corrected chi connectivity index (χ3v) is 1.83. The average Bonchev–Trinajstić information content (AvgIpc) is 2.17. The van der Waals surface area contributed by atoms with E-state index in [1.165, 1.54) is 14.2 Å². The van der Waals surface area contributed by atoms with E-state index >= 15 is 0 Å². The van der Waals surface area contributed by atoms with Gasteiger partial charge in [0.05, 0.1) is 12.7 Å². The molecular formula is C8H17O5. The van der Waals surface area contributed by atoms with Crippen LogP contribution in [-0.4, -0.2) is 54.5 Å². The topological polar surface area (TPSA) is 79.2 Å². The Labute approximate surface area is 77.9 Å². The van der Waals surface area contributed by atoms with Crippen molar-refractivity contribution in [3.05, 3.63) is 6.10 Å². The van der Waals surface area contributed by atoms with Gasteiger partial charge in [-0.1, -0.05) is 0 Å². The number of hydrogen-bond donors (Lipinski definition) is 3. The number of rotatable bonds is 6. The second-order valence-corrected chi connectivity index (χ2v) is 2.68. The van der Waals surface area contributed by atoms with E-state index in [4.69, 9.17) is 19.7 Å². The molecule has 0 aromatic heterocycles. The Hall–Kier alpha value is -0.200. The maximum Gasteiger partial charge on any atom is 0.156 e. The first kappa shape index (κ1) is 12.8. The Bertz CT molecular complexity index is 130. The maximum atomic E-state index is 9.43. The third-order valence-electron chi connectivity index (χ3n) is 1.83. The molecule has 0 unspecified atom stereocenters. The summed E-state index contributed by atoms with van der Waals surface area (Å²) in [7, 11) is 2.83. The van der Waals surface area contributed by atoms with E-state index in [9.17, 15) is 5.11 Å². The fourth-order valence-corrected chi connectivity index (χ4v) is 0.933. The quantitative estimate of drug-likeness (QED) is 0.500. The van der Waals surface area contributed by atoms with Crippen LogP contribution in [0.5, 0.6) is 0 Å². The van der Waals surface area contributed by atoms with Crippen molar-refractivity contribution in [1.29, 1.82) is 0 Å². The number of ether oxygens (including phenoxy) is 2. The van der Waals surface area contributed by atoms with Gasteiger partial charge < -0.3 is 24.8 Å². The number of aliphatic hydroxyl groups is 3. The molecule has 1 radical (unpaired) electrons. The lowest BCUT2D eigenvalue weighted by Crippen LogP contribution is -2.40. The Kier molecular flexibility index (Phi) is 6.19. The first-order valence-corrected chi connectivity index (χ1v) is 3.99. The van der Waals surface area contributed by atoms with Gasteiger partial charge in [-0.3, -0.25) is 0 Å². The first-order valence-electron chi connectivity index (χ1n) is 3.99. The summed E-state index contributed by atoms with van der Waals surface area (Å²) in [5, 5.41) is 27.1. The summed E-state index contributed by atoms with van der Waals surface area (Å²) < 4.78 is 9.76. The summed E-state index contributed by atoms with van der Waals surface area (Å²) in [6.45, 7) is 1.15. The van der Waals surface area contributed by atoms with Gasteiger partial charge in [0.25, 0.3) is 0 Å². The number of methoxy groups -OCH3 is 2. The fraction of sp³-hybridized carbons (Fsp3) is 0.875. The lowest BCUT2D eigenvalue weighted by molar-refractivity contribution is -0.0768. The predicted octanol–water partition coefficient (Wildman–Crippen LogP) is -1.09. The molecule has 0 aromatic carbocycles. The molecule has 0 aliphatic heterocycles. The SMILES string of the molecule is CO[C]([C@H](C)OC)[C@@H](O)[C@H](O)CO. The van der Waals surface area contributed by atoms with Crippen molar-refractivity contribution in [2.24, 2.45) is 0 Å². The van der Waals surface area contributed by atoms with Crippen LogP contribution >= 0.6 is 0 Å². The van der Waals surface area contributed by atoms with E-state index in [-0.39, 0.29) is 6.10 Å². The normalized spacial score (nSPS) is 18.7. The zero-order chi connectivity index (χ0) is 10.4. The molecule has 0 amide bonds. The molecule has 0 bridgehead atoms. The van der Waals surface area contributed by atoms with Gasteiger partial charge in [0.2, 0.25) is 0 Å². The molecule has 5 heteroatoms. The first-order chi connectivity index (χ1) is 6.08. The Balaban J connectivity index is 4.21. The Morgan fingerprint density at radius 1 is 1.31 bits per heavy atom. The molecule has 0 saturated carbocycles. The minimum absolute atomic E-state index is 0.198. The van der Waals surface area contributed by atoms with Gasteiger partial charge in [0, 0.05) is 14.2 Å². The van der Waals surface area contributed by atoms with Crippen LogP contribution in [-0.2, 0) is 9.47 Å². The fourth-order valence-electron chi connectivity index (χ4n) is 0.933. The monoisotopic (exact) mass is 193 g/mol. The van der Waals surface area contributed by atoms with Crippen LogP contribution in [0.4, 0.5) is 0 Å². The minimum Gasteiger partial charge on any atom is -0.394 e. The zero-order valence-electron chi connectivity index (χ0n) is 8.10. The van der Waals surface area contributed by atoms with E-state index in [1.54, 1.807) is 6.92 Å². The summed E-state index contributed by atoms with van der Waals surface area (Å²) in [6.07, 6.45) is -2.71. The van der Waals surface area contributed by atoms with Crippen molar-refractivity contribution in [3.8, 4) is 0 Å². The molecular weight excluding hydrogens is 176 g/mol. The highest BCUT2D eigenvalue weighted by molar-refractivity contribution is 4.96. The summed E-state index contributed by atoms with van der Waals surface area (Å²) in [6, 6.07) is 0. The number of aliphatic hydroxyl groups excluding tert-OH is 3. The summed E-state index contributed by atoms with van der Waals surface area (Å²) in [5.74, 6) is 0. The van der Waals surface area contributed by atoms with Crippen LogP contribution in [0, 0.1) is 6.10 Å². The van der Waals surface area contributed by atoms with Gasteiger partial charge in [0.1, 0.15) is 12.2 Å². The van der Waals surface area contributed by atoms with Crippen molar-refractivity contribution < 1.29 is 24.8 Å². The molecule has 0 aliphatic carbocycles. The van der Waals surface area contributed by atoms with Crippen LogP contribution < -0.4 is 0 Å². The Morgan fingerprint density at radius 2 is 1.85 bits per heavy atom. The maximum absolute atomic E-state index is 9.43. The minimum atomic E-state index is -1.24. The van der Waals surface area contributed by atoms with Crippen molar-refractivity contribution in [2.45, 2.75) is 25.2 Å². The highest BCUT2D eigenvalue weighted by Crippen LogP contribution is 2.17. The van der Waals surface area contributed by atoms with Crippen LogP contribution in [0.2, 0.25) is 0 Å². The molecule has 0 heterocycles. The van der Waals surface area contributed by atoms with Gasteiger partial charge in [-0.05, 0) is 6.92 Å². The molecule has 0 rings (SSSR count). The van der Waals surface area contributed by atoms with Gasteiger partial charge in [-0.15, -0.1) is 0 Å². The standard InChI is InChI=1S/C8H17O5/c1-5(12-2)8(13-3)7(11)6(10)4-9/h5-7,9-11H,4H2,1-3H3/t5-,6+,7-/m0/s1. The highest BCUT2D eigenvalue weighted by atomic mass is 16.5. The molecule has 5 nitrogen and oxygen atoms in total. The van der Waals surface area contributed by atoms with Gasteiger partial charge in [0.15, 0.2) is 6.10 Å². The van der Waals surface area contributed by atoms with E-state index in [1.807, 2.05) is 0 Å². The van der Waals surface area contributed by atoms with Crippen LogP contribution in [0.3, 0.4) is 0 Å². The second kappa shape index (κ2) is 6.28. The molecule has 3 atom stereocenters. The van der Waals surface area contributed by atoms with Crippen LogP contribution in [0.1, 0.15) is 6.92 Å². The largest absolute Gasteiger partial charge is 0.394 e. The van der Waals surface area contributed by atoms with Crippen LogP contribution in [0.25, 0.3) is 0 Å². The molecule has 0 spiro atoms. The van der Waals surface area contributed by atoms with Crippen molar-refractivity contribution >= 4 is 0 Å². The lowest BCUT2D eigenvalue weighted by Gasteiger charge is -2.27. The number of hydrogen-bond acceptors (Lipinski definition) is 5. The van der Waals surface area contributed by atoms with Crippen molar-refractivity contribution in [3.63, 3.8) is 0 Å². The Morgan fingerprint density at radius 3 is 2.15 bits per heavy atom. The predicted molar refractivity (Wildman–Crippen MR) is 45.8 cm³/mol. The second-order valence-electron chi connectivity index (χ2n) is 2.68. The lowest BCUT2D eigenvalue weighted by atomic mass is 10.0. The molecule has 0 aliphatic rings. The van der Waals surface area contributed by atoms with E-state index < -0.39 is 24.9 Å². The summed E-state index contributed by atoms with van der Waals surface area (Å²) >= 11 is 0. The van der Waals surface area contributed by atoms with E-state index in [0.29, 0.717) is 0 Å². The van der Waals surface area contributed by atoms with Gasteiger partial charge >= 0.3 is 0 Å². The van der Waals surface area contributed by atoms with Gasteiger partial charge in [-0.2, -0.15) is 0 Å². The van der Waals surface area contributed by atoms with Crippen LogP contribution in [0.15, 0.2) is 0 Å². The third kappa shape index (κ3) is 3.58. The molecule has 13 heavy (non-hydrogen) atoms. The molecule has 0 fully saturated rings. The van der Waals surface area contributed by atoms with E-state index in [0.717, 1.165) is 0 Å². The molecule has 0 saturated heterocycles. The average molecular weight is 193 g/mol. The molecule has 0 aromatic rings. The van der Waals surface area contributed by atoms with Crippen molar-refractivity contribution in [1.82, 2.24) is 0 Å². The highest BCUT2D eigenvalue weighted by Gasteiger charge is 2.31. The zero-order valence-corrected chi connectivity index (χ0v) is 8.10. The van der Waals surface area contributed by atoms with E-state index in [2.05, 4.69) is 0 Å². The molecule has 3 N–H and O–H groups in total.